The van der Waals surface area contributed by atoms with Crippen LogP contribution in [0.15, 0.2) is 17.2 Å². The van der Waals surface area contributed by atoms with Crippen molar-refractivity contribution in [2.45, 2.75) is 57.0 Å². The summed E-state index contributed by atoms with van der Waals surface area (Å²) in [7, 11) is 0. The van der Waals surface area contributed by atoms with Crippen LogP contribution in [0.4, 0.5) is 0 Å². The minimum atomic E-state index is -1.03. The summed E-state index contributed by atoms with van der Waals surface area (Å²) < 4.78 is 18.0. The van der Waals surface area contributed by atoms with Crippen LogP contribution in [0, 0.1) is 11.8 Å². The van der Waals surface area contributed by atoms with Crippen LogP contribution in [0.2, 0.25) is 5.02 Å². The Labute approximate surface area is 219 Å². The first-order valence-electron chi connectivity index (χ1n) is 12.2. The van der Waals surface area contributed by atoms with Crippen molar-refractivity contribution in [3.63, 3.8) is 0 Å². The lowest BCUT2D eigenvalue weighted by Gasteiger charge is -2.30. The summed E-state index contributed by atoms with van der Waals surface area (Å²) in [5, 5.41) is 20.0. The molecular weight excluding hydrogens is 508 g/mol. The van der Waals surface area contributed by atoms with Crippen LogP contribution in [-0.4, -0.2) is 57.5 Å². The molecule has 0 bridgehead atoms. The van der Waals surface area contributed by atoms with E-state index in [0.29, 0.717) is 52.1 Å². The molecule has 9 nitrogen and oxygen atoms in total. The number of imidazole rings is 1. The highest BCUT2D eigenvalue weighted by molar-refractivity contribution is 7.99. The first-order valence-corrected chi connectivity index (χ1v) is 13.6. The van der Waals surface area contributed by atoms with E-state index in [2.05, 4.69) is 0 Å². The molecule has 36 heavy (non-hydrogen) atoms. The number of carbonyl (C=O) groups is 2. The highest BCUT2D eigenvalue weighted by Gasteiger charge is 2.29. The Morgan fingerprint density at radius 1 is 1.19 bits per heavy atom. The van der Waals surface area contributed by atoms with Crippen LogP contribution in [-0.2, 0) is 22.5 Å². The number of carboxylic acid groups (broad SMARTS) is 2. The number of aromatic nitrogens is 2. The zero-order valence-electron chi connectivity index (χ0n) is 20.2. The summed E-state index contributed by atoms with van der Waals surface area (Å²) in [5.74, 6) is 1.13. The Morgan fingerprint density at radius 3 is 2.61 bits per heavy atom. The van der Waals surface area contributed by atoms with Gasteiger partial charge in [0.25, 0.3) is 0 Å². The molecule has 1 aliphatic carbocycles. The fourth-order valence-electron chi connectivity index (χ4n) is 4.83. The lowest BCUT2D eigenvalue weighted by Crippen LogP contribution is -2.27. The van der Waals surface area contributed by atoms with E-state index in [1.165, 1.54) is 11.8 Å². The number of fused-ring (bicyclic) bond motifs is 1. The van der Waals surface area contributed by atoms with Crippen molar-refractivity contribution in [1.82, 2.24) is 9.55 Å². The number of hydrogen-bond acceptors (Lipinski definition) is 7. The van der Waals surface area contributed by atoms with E-state index < -0.39 is 11.9 Å². The number of thioether (sulfide) groups is 1. The summed E-state index contributed by atoms with van der Waals surface area (Å²) in [5.41, 5.74) is 0.893. The van der Waals surface area contributed by atoms with Gasteiger partial charge in [-0.3, -0.25) is 0 Å². The molecule has 4 rings (SSSR count). The van der Waals surface area contributed by atoms with E-state index in [-0.39, 0.29) is 31.6 Å². The van der Waals surface area contributed by atoms with Crippen molar-refractivity contribution in [3.8, 4) is 11.5 Å². The van der Waals surface area contributed by atoms with Gasteiger partial charge in [0.1, 0.15) is 17.5 Å². The smallest absolute Gasteiger partial charge is 0.355 e. The fourth-order valence-corrected chi connectivity index (χ4v) is 6.35. The first kappa shape index (κ1) is 26.6. The highest BCUT2D eigenvalue weighted by Crippen LogP contribution is 2.39. The number of ether oxygens (including phenoxy) is 3. The van der Waals surface area contributed by atoms with Gasteiger partial charge in [-0.15, -0.1) is 11.8 Å². The van der Waals surface area contributed by atoms with Crippen LogP contribution in [0.5, 0.6) is 11.5 Å². The minimum Gasteiger partial charge on any atom is -0.480 e. The van der Waals surface area contributed by atoms with E-state index in [1.54, 1.807) is 16.7 Å². The summed E-state index contributed by atoms with van der Waals surface area (Å²) in [4.78, 5) is 28.0. The normalized spacial score (nSPS) is 18.9. The molecule has 0 unspecified atom stereocenters. The van der Waals surface area contributed by atoms with Gasteiger partial charge in [0, 0.05) is 23.3 Å². The molecule has 2 aliphatic rings. The number of rotatable bonds is 12. The second kappa shape index (κ2) is 12.2. The Morgan fingerprint density at radius 2 is 1.92 bits per heavy atom. The zero-order chi connectivity index (χ0) is 25.7. The lowest BCUT2D eigenvalue weighted by atomic mass is 9.81. The Bertz CT molecular complexity index is 1110. The number of hydrogen-bond donors (Lipinski definition) is 2. The van der Waals surface area contributed by atoms with Crippen molar-refractivity contribution in [2.75, 3.05) is 25.8 Å². The van der Waals surface area contributed by atoms with Gasteiger partial charge < -0.3 is 29.0 Å². The van der Waals surface area contributed by atoms with Gasteiger partial charge in [-0.1, -0.05) is 31.4 Å². The standard InChI is InChI=1S/C25H31ClN2O7S/c1-2-5-21-27-24(36-13-16-7-4-3-6-15(16)11-33-12-22(29)30)23(25(31)32)28(21)10-17-8-19-20(9-18(17)26)35-14-34-19/h8-9,15-16H,2-7,10-14H2,1H3,(H,29,30)(H,31,32)/t15-,16+/m1/s1. The Hall–Kier alpha value is -2.43. The molecule has 1 fully saturated rings. The van der Waals surface area contributed by atoms with Crippen LogP contribution in [0.25, 0.3) is 0 Å². The molecule has 11 heteroatoms. The monoisotopic (exact) mass is 538 g/mol. The van der Waals surface area contributed by atoms with Crippen molar-refractivity contribution in [3.05, 3.63) is 34.2 Å². The molecule has 1 aliphatic heterocycles. The van der Waals surface area contributed by atoms with E-state index in [1.807, 2.05) is 6.92 Å². The van der Waals surface area contributed by atoms with Gasteiger partial charge in [0.15, 0.2) is 17.2 Å². The largest absolute Gasteiger partial charge is 0.480 e. The van der Waals surface area contributed by atoms with Gasteiger partial charge in [0.2, 0.25) is 6.79 Å². The topological polar surface area (TPSA) is 120 Å². The molecule has 1 aromatic carbocycles. The fraction of sp³-hybridized carbons (Fsp3) is 0.560. The summed E-state index contributed by atoms with van der Waals surface area (Å²) in [6, 6.07) is 3.49. The molecule has 0 radical (unpaired) electrons. The molecule has 1 aromatic heterocycles. The molecule has 2 atom stereocenters. The van der Waals surface area contributed by atoms with Crippen LogP contribution in [0.1, 0.15) is 60.9 Å². The predicted octanol–water partition coefficient (Wildman–Crippen LogP) is 4.96. The first-order chi connectivity index (χ1) is 17.4. The summed E-state index contributed by atoms with van der Waals surface area (Å²) in [6.07, 6.45) is 5.64. The van der Waals surface area contributed by atoms with Gasteiger partial charge in [0.05, 0.1) is 13.2 Å². The molecule has 2 heterocycles. The maximum Gasteiger partial charge on any atom is 0.355 e. The highest BCUT2D eigenvalue weighted by atomic mass is 35.5. The molecule has 196 valence electrons. The van der Waals surface area contributed by atoms with Gasteiger partial charge in [-0.25, -0.2) is 14.6 Å². The van der Waals surface area contributed by atoms with Crippen molar-refractivity contribution < 1.29 is 34.0 Å². The van der Waals surface area contributed by atoms with Crippen molar-refractivity contribution >= 4 is 35.3 Å². The summed E-state index contributed by atoms with van der Waals surface area (Å²) in [6.45, 7) is 2.53. The average Bonchev–Trinajstić information content (AvgIpc) is 3.42. The lowest BCUT2D eigenvalue weighted by molar-refractivity contribution is -0.143. The van der Waals surface area contributed by atoms with Gasteiger partial charge in [-0.05, 0) is 42.7 Å². The third kappa shape index (κ3) is 6.27. The maximum atomic E-state index is 12.4. The van der Waals surface area contributed by atoms with Crippen molar-refractivity contribution in [2.24, 2.45) is 11.8 Å². The number of aryl methyl sites for hydroxylation is 1. The molecule has 2 N–H and O–H groups in total. The zero-order valence-corrected chi connectivity index (χ0v) is 21.8. The number of aromatic carboxylic acids is 1. The van der Waals surface area contributed by atoms with Gasteiger partial charge in [-0.2, -0.15) is 0 Å². The Kier molecular flexibility index (Phi) is 9.03. The molecule has 0 spiro atoms. The van der Waals surface area contributed by atoms with Crippen LogP contribution in [0.3, 0.4) is 0 Å². The second-order valence-corrected chi connectivity index (χ2v) is 10.6. The maximum absolute atomic E-state index is 12.4. The predicted molar refractivity (Wildman–Crippen MR) is 134 cm³/mol. The molecular formula is C25H31ClN2O7S. The number of aliphatic carboxylic acids is 1. The van der Waals surface area contributed by atoms with Crippen LogP contribution < -0.4 is 9.47 Å². The van der Waals surface area contributed by atoms with Crippen LogP contribution >= 0.6 is 23.4 Å². The minimum absolute atomic E-state index is 0.131. The number of benzene rings is 1. The number of halogens is 1. The quantitative estimate of drug-likeness (QED) is 0.361. The average molecular weight is 539 g/mol. The van der Waals surface area contributed by atoms with Crippen molar-refractivity contribution in [1.29, 1.82) is 0 Å². The summed E-state index contributed by atoms with van der Waals surface area (Å²) >= 11 is 7.95. The molecule has 2 aromatic rings. The number of nitrogens with zero attached hydrogens (tertiary/aromatic N) is 2. The second-order valence-electron chi connectivity index (χ2n) is 9.14. The van der Waals surface area contributed by atoms with E-state index >= 15 is 0 Å². The van der Waals surface area contributed by atoms with E-state index in [0.717, 1.165) is 37.7 Å². The molecule has 1 saturated carbocycles. The van der Waals surface area contributed by atoms with Gasteiger partial charge >= 0.3 is 11.9 Å². The van der Waals surface area contributed by atoms with E-state index in [9.17, 15) is 14.7 Å². The Balaban J connectivity index is 1.55. The molecule has 0 amide bonds. The molecule has 0 saturated heterocycles. The third-order valence-corrected chi connectivity index (χ3v) is 8.12. The number of carboxylic acids is 2. The third-order valence-electron chi connectivity index (χ3n) is 6.62. The SMILES string of the molecule is CCCc1nc(SC[C@@H]2CCCC[C@@H]2COCC(=O)O)c(C(=O)O)n1Cc1cc2c(cc1Cl)OCO2. The van der Waals surface area contributed by atoms with E-state index in [4.69, 9.17) is 35.9 Å².